The fourth-order valence-electron chi connectivity index (χ4n) is 2.48. The molecule has 2 heterocycles. The summed E-state index contributed by atoms with van der Waals surface area (Å²) in [7, 11) is 1.47. The molecule has 4 nitrogen and oxygen atoms in total. The summed E-state index contributed by atoms with van der Waals surface area (Å²) in [4.78, 5) is 5.36. The number of pyridine rings is 1. The zero-order valence-electron chi connectivity index (χ0n) is 11.0. The maximum atomic E-state index is 12.7. The van der Waals surface area contributed by atoms with Crippen molar-refractivity contribution in [2.24, 2.45) is 0 Å². The van der Waals surface area contributed by atoms with E-state index >= 15 is 0 Å². The van der Waals surface area contributed by atoms with Gasteiger partial charge >= 0.3 is 6.18 Å². The maximum Gasteiger partial charge on any atom is 0.404 e. The summed E-state index contributed by atoms with van der Waals surface area (Å²) in [6.45, 7) is 0.269. The van der Waals surface area contributed by atoms with E-state index in [2.05, 4.69) is 10.3 Å². The number of nitrogens with one attached hydrogen (secondary N) is 1. The zero-order chi connectivity index (χ0) is 14.8. The Hall–Kier alpha value is -1.81. The summed E-state index contributed by atoms with van der Waals surface area (Å²) in [6, 6.07) is 3.76. The topological polar surface area (TPSA) is 52.0 Å². The van der Waals surface area contributed by atoms with E-state index in [4.69, 9.17) is 5.26 Å². The summed E-state index contributed by atoms with van der Waals surface area (Å²) in [5, 5.41) is 12.0. The molecule has 2 unspecified atom stereocenters. The molecule has 108 valence electrons. The van der Waals surface area contributed by atoms with Crippen molar-refractivity contribution in [2.75, 3.05) is 18.9 Å². The first kappa shape index (κ1) is 14.6. The van der Waals surface area contributed by atoms with Crippen LogP contribution >= 0.6 is 0 Å². The number of piperidine rings is 1. The molecule has 0 radical (unpaired) electrons. The summed E-state index contributed by atoms with van der Waals surface area (Å²) in [5.74, 6) is 0.429. The van der Waals surface area contributed by atoms with Gasteiger partial charge in [-0.3, -0.25) is 4.90 Å². The van der Waals surface area contributed by atoms with Gasteiger partial charge in [0.25, 0.3) is 0 Å². The van der Waals surface area contributed by atoms with E-state index in [1.165, 1.54) is 11.9 Å². The molecule has 2 atom stereocenters. The van der Waals surface area contributed by atoms with E-state index in [0.29, 0.717) is 17.8 Å². The highest BCUT2D eigenvalue weighted by atomic mass is 19.4. The number of alkyl halides is 3. The highest BCUT2D eigenvalue weighted by Crippen LogP contribution is 2.31. The predicted octanol–water partition coefficient (Wildman–Crippen LogP) is 2.39. The minimum Gasteiger partial charge on any atom is -0.365 e. The van der Waals surface area contributed by atoms with E-state index < -0.39 is 12.2 Å². The standard InChI is InChI=1S/C13H15F3N4/c1-20-8-10(4-5-11(20)13(14,15)16)19-12-9(7-17)3-2-6-18-12/h2-3,6,10-11H,4-5,8H2,1H3,(H,18,19). The Morgan fingerprint density at radius 1 is 1.45 bits per heavy atom. The number of likely N-dealkylation sites (tertiary alicyclic amines) is 1. The fourth-order valence-corrected chi connectivity index (χ4v) is 2.48. The molecule has 1 aliphatic rings. The number of hydrogen-bond acceptors (Lipinski definition) is 4. The molecule has 0 bridgehead atoms. The van der Waals surface area contributed by atoms with Crippen LogP contribution in [0.4, 0.5) is 19.0 Å². The van der Waals surface area contributed by atoms with Gasteiger partial charge in [0.1, 0.15) is 17.9 Å². The Balaban J connectivity index is 2.02. The van der Waals surface area contributed by atoms with Crippen LogP contribution in [0.15, 0.2) is 18.3 Å². The van der Waals surface area contributed by atoms with E-state index in [-0.39, 0.29) is 19.0 Å². The number of hydrogen-bond donors (Lipinski definition) is 1. The number of rotatable bonds is 2. The molecule has 1 saturated heterocycles. The molecule has 1 aliphatic heterocycles. The Morgan fingerprint density at radius 3 is 2.80 bits per heavy atom. The van der Waals surface area contributed by atoms with Crippen LogP contribution in [0.1, 0.15) is 18.4 Å². The molecule has 0 spiro atoms. The Labute approximate surface area is 115 Å². The third kappa shape index (κ3) is 3.20. The first-order valence-corrected chi connectivity index (χ1v) is 6.30. The van der Waals surface area contributed by atoms with Gasteiger partial charge in [0, 0.05) is 18.8 Å². The van der Waals surface area contributed by atoms with Crippen molar-refractivity contribution < 1.29 is 13.2 Å². The molecular formula is C13H15F3N4. The molecule has 2 rings (SSSR count). The summed E-state index contributed by atoms with van der Waals surface area (Å²) >= 11 is 0. The number of nitrogens with zero attached hydrogens (tertiary/aromatic N) is 3. The first-order valence-electron chi connectivity index (χ1n) is 6.30. The van der Waals surface area contributed by atoms with Crippen LogP contribution in [0, 0.1) is 11.3 Å². The fraction of sp³-hybridized carbons (Fsp3) is 0.538. The second kappa shape index (κ2) is 5.67. The lowest BCUT2D eigenvalue weighted by Gasteiger charge is -2.38. The number of likely N-dealkylation sites (N-methyl/N-ethyl adjacent to an activating group) is 1. The Morgan fingerprint density at radius 2 is 2.20 bits per heavy atom. The second-order valence-electron chi connectivity index (χ2n) is 4.93. The predicted molar refractivity (Wildman–Crippen MR) is 68.1 cm³/mol. The molecule has 1 N–H and O–H groups in total. The van der Waals surface area contributed by atoms with Crippen molar-refractivity contribution in [3.05, 3.63) is 23.9 Å². The molecule has 1 aromatic rings. The van der Waals surface area contributed by atoms with Gasteiger partial charge in [-0.2, -0.15) is 18.4 Å². The van der Waals surface area contributed by atoms with Crippen molar-refractivity contribution in [2.45, 2.75) is 31.1 Å². The number of anilines is 1. The summed E-state index contributed by atoms with van der Waals surface area (Å²) in [5.41, 5.74) is 0.396. The highest BCUT2D eigenvalue weighted by Gasteiger charge is 2.44. The lowest BCUT2D eigenvalue weighted by molar-refractivity contribution is -0.187. The van der Waals surface area contributed by atoms with Gasteiger partial charge in [0.15, 0.2) is 0 Å². The summed E-state index contributed by atoms with van der Waals surface area (Å²) < 4.78 is 38.2. The molecule has 1 aromatic heterocycles. The molecular weight excluding hydrogens is 269 g/mol. The van der Waals surface area contributed by atoms with Gasteiger partial charge in [0.05, 0.1) is 5.56 Å². The van der Waals surface area contributed by atoms with Gasteiger partial charge in [-0.25, -0.2) is 4.98 Å². The smallest absolute Gasteiger partial charge is 0.365 e. The van der Waals surface area contributed by atoms with Crippen molar-refractivity contribution in [1.82, 2.24) is 9.88 Å². The van der Waals surface area contributed by atoms with E-state index in [1.807, 2.05) is 6.07 Å². The van der Waals surface area contributed by atoms with Crippen LogP contribution in [0.5, 0.6) is 0 Å². The van der Waals surface area contributed by atoms with E-state index in [0.717, 1.165) is 0 Å². The molecule has 20 heavy (non-hydrogen) atoms. The van der Waals surface area contributed by atoms with Gasteiger partial charge < -0.3 is 5.32 Å². The largest absolute Gasteiger partial charge is 0.404 e. The average molecular weight is 284 g/mol. The van der Waals surface area contributed by atoms with Crippen molar-refractivity contribution in [3.8, 4) is 6.07 Å². The van der Waals surface area contributed by atoms with Gasteiger partial charge in [-0.1, -0.05) is 0 Å². The van der Waals surface area contributed by atoms with Crippen LogP contribution in [0.2, 0.25) is 0 Å². The Kier molecular flexibility index (Phi) is 4.14. The third-order valence-corrected chi connectivity index (χ3v) is 3.48. The first-order chi connectivity index (χ1) is 9.41. The lowest BCUT2D eigenvalue weighted by Crippen LogP contribution is -2.52. The second-order valence-corrected chi connectivity index (χ2v) is 4.93. The SMILES string of the molecule is CN1CC(Nc2ncccc2C#N)CCC1C(F)(F)F. The monoisotopic (exact) mass is 284 g/mol. The van der Waals surface area contributed by atoms with Crippen LogP contribution in [0.3, 0.4) is 0 Å². The Bertz CT molecular complexity index is 509. The van der Waals surface area contributed by atoms with Crippen molar-refractivity contribution in [1.29, 1.82) is 5.26 Å². The van der Waals surface area contributed by atoms with Gasteiger partial charge in [-0.15, -0.1) is 0 Å². The lowest BCUT2D eigenvalue weighted by atomic mass is 9.98. The average Bonchev–Trinajstić information content (AvgIpc) is 2.38. The minimum atomic E-state index is -4.19. The number of halogens is 3. The van der Waals surface area contributed by atoms with Crippen LogP contribution in [0.25, 0.3) is 0 Å². The normalized spacial score (nSPS) is 24.1. The molecule has 0 aliphatic carbocycles. The molecule has 7 heteroatoms. The summed E-state index contributed by atoms with van der Waals surface area (Å²) in [6.07, 6.45) is -2.20. The molecule has 0 aromatic carbocycles. The van der Waals surface area contributed by atoms with Gasteiger partial charge in [0.2, 0.25) is 0 Å². The molecule has 0 saturated carbocycles. The minimum absolute atomic E-state index is 0.0480. The number of nitriles is 1. The van der Waals surface area contributed by atoms with Crippen molar-refractivity contribution >= 4 is 5.82 Å². The van der Waals surface area contributed by atoms with Crippen LogP contribution < -0.4 is 5.32 Å². The highest BCUT2D eigenvalue weighted by molar-refractivity contribution is 5.51. The molecule has 1 fully saturated rings. The molecule has 0 amide bonds. The van der Waals surface area contributed by atoms with Crippen LogP contribution in [-0.2, 0) is 0 Å². The maximum absolute atomic E-state index is 12.7. The van der Waals surface area contributed by atoms with Crippen LogP contribution in [-0.4, -0.2) is 41.7 Å². The number of aromatic nitrogens is 1. The van der Waals surface area contributed by atoms with E-state index in [1.54, 1.807) is 18.3 Å². The quantitative estimate of drug-likeness (QED) is 0.906. The van der Waals surface area contributed by atoms with Gasteiger partial charge in [-0.05, 0) is 32.0 Å². The van der Waals surface area contributed by atoms with E-state index in [9.17, 15) is 13.2 Å². The third-order valence-electron chi connectivity index (χ3n) is 3.48. The zero-order valence-corrected chi connectivity index (χ0v) is 11.0. The van der Waals surface area contributed by atoms with Crippen molar-refractivity contribution in [3.63, 3.8) is 0 Å².